The average Bonchev–Trinajstić information content (AvgIpc) is 2.27. The summed E-state index contributed by atoms with van der Waals surface area (Å²) < 4.78 is -0.422. The minimum atomic E-state index is -0.422. The monoisotopic (exact) mass is 318 g/mol. The SMILES string of the molecule is CC(C)N(C)CC1CCN(C(=O)C(C)(C)Br)CC1. The number of nitrogens with zero attached hydrogens (tertiary/aromatic N) is 2. The standard InChI is InChI=1S/C14H27BrN2O/c1-11(2)16(5)10-12-6-8-17(9-7-12)13(18)14(3,4)15/h11-12H,6-10H2,1-5H3. The molecule has 1 amide bonds. The smallest absolute Gasteiger partial charge is 0.238 e. The Bertz CT molecular complexity index is 278. The Balaban J connectivity index is 2.40. The van der Waals surface area contributed by atoms with Gasteiger partial charge in [0.1, 0.15) is 0 Å². The first-order valence-electron chi connectivity index (χ1n) is 6.90. The molecule has 1 heterocycles. The third-order valence-electron chi connectivity index (χ3n) is 3.84. The molecule has 1 aliphatic rings. The van der Waals surface area contributed by atoms with Gasteiger partial charge in [0, 0.05) is 25.7 Å². The number of piperidine rings is 1. The summed E-state index contributed by atoms with van der Waals surface area (Å²) in [7, 11) is 2.18. The fourth-order valence-electron chi connectivity index (χ4n) is 2.31. The van der Waals surface area contributed by atoms with Crippen LogP contribution < -0.4 is 0 Å². The van der Waals surface area contributed by atoms with Crippen LogP contribution >= 0.6 is 15.9 Å². The number of hydrogen-bond acceptors (Lipinski definition) is 2. The maximum atomic E-state index is 12.1. The van der Waals surface area contributed by atoms with E-state index in [-0.39, 0.29) is 5.91 Å². The summed E-state index contributed by atoms with van der Waals surface area (Å²) in [4.78, 5) is 16.5. The first-order chi connectivity index (χ1) is 8.21. The Hall–Kier alpha value is -0.0900. The highest BCUT2D eigenvalue weighted by Crippen LogP contribution is 2.24. The Labute approximate surface area is 120 Å². The highest BCUT2D eigenvalue weighted by molar-refractivity contribution is 9.10. The van der Waals surface area contributed by atoms with E-state index in [1.165, 1.54) is 0 Å². The third kappa shape index (κ3) is 4.54. The van der Waals surface area contributed by atoms with E-state index in [1.54, 1.807) is 0 Å². The van der Waals surface area contributed by atoms with E-state index >= 15 is 0 Å². The topological polar surface area (TPSA) is 23.6 Å². The van der Waals surface area contributed by atoms with E-state index in [0.29, 0.717) is 6.04 Å². The lowest BCUT2D eigenvalue weighted by Gasteiger charge is -2.37. The summed E-state index contributed by atoms with van der Waals surface area (Å²) in [6, 6.07) is 0.603. The average molecular weight is 319 g/mol. The molecule has 0 unspecified atom stereocenters. The third-order valence-corrected chi connectivity index (χ3v) is 4.18. The largest absolute Gasteiger partial charge is 0.341 e. The predicted octanol–water partition coefficient (Wildman–Crippen LogP) is 2.74. The van der Waals surface area contributed by atoms with Gasteiger partial charge in [-0.15, -0.1) is 0 Å². The minimum absolute atomic E-state index is 0.221. The number of hydrogen-bond donors (Lipinski definition) is 0. The van der Waals surface area contributed by atoms with Gasteiger partial charge in [0.2, 0.25) is 5.91 Å². The molecule has 0 saturated carbocycles. The fraction of sp³-hybridized carbons (Fsp3) is 0.929. The van der Waals surface area contributed by atoms with E-state index in [9.17, 15) is 4.79 Å². The maximum Gasteiger partial charge on any atom is 0.238 e. The number of likely N-dealkylation sites (tertiary alicyclic amines) is 1. The van der Waals surface area contributed by atoms with Crippen molar-refractivity contribution in [1.82, 2.24) is 9.80 Å². The Morgan fingerprint density at radius 1 is 1.39 bits per heavy atom. The molecule has 0 aromatic carbocycles. The lowest BCUT2D eigenvalue weighted by Crippen LogP contribution is -2.47. The molecule has 1 fully saturated rings. The van der Waals surface area contributed by atoms with Crippen molar-refractivity contribution in [3.05, 3.63) is 0 Å². The van der Waals surface area contributed by atoms with Gasteiger partial charge in [0.15, 0.2) is 0 Å². The number of amides is 1. The zero-order valence-corrected chi connectivity index (χ0v) is 14.0. The summed E-state index contributed by atoms with van der Waals surface area (Å²) in [5, 5.41) is 0. The highest BCUT2D eigenvalue weighted by Gasteiger charge is 2.31. The van der Waals surface area contributed by atoms with Crippen molar-refractivity contribution in [3.63, 3.8) is 0 Å². The second-order valence-corrected chi connectivity index (χ2v) is 8.22. The molecule has 1 saturated heterocycles. The second-order valence-electron chi connectivity index (χ2n) is 6.24. The van der Waals surface area contributed by atoms with Crippen LogP contribution in [0.25, 0.3) is 0 Å². The van der Waals surface area contributed by atoms with Crippen LogP contribution in [0, 0.1) is 5.92 Å². The van der Waals surface area contributed by atoms with Crippen molar-refractivity contribution in [2.45, 2.75) is 50.9 Å². The molecule has 0 radical (unpaired) electrons. The van der Waals surface area contributed by atoms with Crippen molar-refractivity contribution in [1.29, 1.82) is 0 Å². The van der Waals surface area contributed by atoms with Crippen molar-refractivity contribution in [2.24, 2.45) is 5.92 Å². The maximum absolute atomic E-state index is 12.1. The lowest BCUT2D eigenvalue weighted by molar-refractivity contribution is -0.134. The molecule has 0 bridgehead atoms. The molecule has 3 nitrogen and oxygen atoms in total. The summed E-state index contributed by atoms with van der Waals surface area (Å²) in [6.07, 6.45) is 2.26. The fourth-order valence-corrected chi connectivity index (χ4v) is 2.56. The van der Waals surface area contributed by atoms with E-state index in [4.69, 9.17) is 0 Å². The van der Waals surface area contributed by atoms with Crippen LogP contribution in [-0.2, 0) is 4.79 Å². The van der Waals surface area contributed by atoms with Gasteiger partial charge in [-0.05, 0) is 53.5 Å². The molecule has 0 spiro atoms. The van der Waals surface area contributed by atoms with Crippen molar-refractivity contribution >= 4 is 21.8 Å². The van der Waals surface area contributed by atoms with Crippen molar-refractivity contribution < 1.29 is 4.79 Å². The molecule has 0 aliphatic carbocycles. The number of rotatable bonds is 4. The molecule has 0 N–H and O–H groups in total. The molecule has 0 aromatic heterocycles. The molecular weight excluding hydrogens is 292 g/mol. The lowest BCUT2D eigenvalue weighted by atomic mass is 9.95. The number of halogens is 1. The van der Waals surface area contributed by atoms with Crippen molar-refractivity contribution in [2.75, 3.05) is 26.7 Å². The van der Waals surface area contributed by atoms with E-state index in [2.05, 4.69) is 41.7 Å². The predicted molar refractivity (Wildman–Crippen MR) is 80.1 cm³/mol. The van der Waals surface area contributed by atoms with E-state index in [0.717, 1.165) is 38.4 Å². The van der Waals surface area contributed by atoms with Gasteiger partial charge in [0.05, 0.1) is 4.32 Å². The van der Waals surface area contributed by atoms with E-state index in [1.807, 2.05) is 18.7 Å². The van der Waals surface area contributed by atoms with Crippen LogP contribution in [0.15, 0.2) is 0 Å². The first kappa shape index (κ1) is 16.0. The molecule has 1 aliphatic heterocycles. The van der Waals surface area contributed by atoms with Gasteiger partial charge in [-0.1, -0.05) is 15.9 Å². The molecule has 1 rings (SSSR count). The van der Waals surface area contributed by atoms with Gasteiger partial charge in [-0.25, -0.2) is 0 Å². The summed E-state index contributed by atoms with van der Waals surface area (Å²) in [6.45, 7) is 11.3. The van der Waals surface area contributed by atoms with Gasteiger partial charge in [-0.2, -0.15) is 0 Å². The van der Waals surface area contributed by atoms with Crippen LogP contribution in [0.1, 0.15) is 40.5 Å². The van der Waals surface area contributed by atoms with Gasteiger partial charge < -0.3 is 9.80 Å². The van der Waals surface area contributed by atoms with E-state index < -0.39 is 4.32 Å². The van der Waals surface area contributed by atoms with Gasteiger partial charge in [0.25, 0.3) is 0 Å². The van der Waals surface area contributed by atoms with Gasteiger partial charge in [-0.3, -0.25) is 4.79 Å². The van der Waals surface area contributed by atoms with Crippen molar-refractivity contribution in [3.8, 4) is 0 Å². The highest BCUT2D eigenvalue weighted by atomic mass is 79.9. The summed E-state index contributed by atoms with van der Waals surface area (Å²) in [5.74, 6) is 0.957. The molecule has 0 aromatic rings. The van der Waals surface area contributed by atoms with Crippen LogP contribution in [0.3, 0.4) is 0 Å². The molecular formula is C14H27BrN2O. The Morgan fingerprint density at radius 3 is 2.28 bits per heavy atom. The Morgan fingerprint density at radius 2 is 1.89 bits per heavy atom. The van der Waals surface area contributed by atoms with Crippen LogP contribution in [0.5, 0.6) is 0 Å². The first-order valence-corrected chi connectivity index (χ1v) is 7.69. The van der Waals surface area contributed by atoms with Crippen LogP contribution in [0.2, 0.25) is 0 Å². The zero-order chi connectivity index (χ0) is 13.9. The number of carbonyl (C=O) groups is 1. The second kappa shape index (κ2) is 6.38. The van der Waals surface area contributed by atoms with Crippen LogP contribution in [-0.4, -0.2) is 52.8 Å². The summed E-state index contributed by atoms with van der Waals surface area (Å²) >= 11 is 3.45. The number of carbonyl (C=O) groups excluding carboxylic acids is 1. The Kier molecular flexibility index (Phi) is 5.66. The normalized spacial score (nSPS) is 18.8. The quantitative estimate of drug-likeness (QED) is 0.744. The summed E-state index contributed by atoms with van der Waals surface area (Å²) in [5.41, 5.74) is 0. The number of alkyl halides is 1. The molecule has 4 heteroatoms. The molecule has 106 valence electrons. The van der Waals surface area contributed by atoms with Gasteiger partial charge >= 0.3 is 0 Å². The van der Waals surface area contributed by atoms with Crippen LogP contribution in [0.4, 0.5) is 0 Å². The molecule has 18 heavy (non-hydrogen) atoms. The minimum Gasteiger partial charge on any atom is -0.341 e. The zero-order valence-electron chi connectivity index (χ0n) is 12.4. The molecule has 0 atom stereocenters.